The quantitative estimate of drug-likeness (QED) is 0.737. The standard InChI is InChI=1S/C17H26O/c1-8-9-12-10-13(16(2,3)4)11-14(15(12)18)17(5,6)7/h8-11,18H,1-7H3/b9-8-. The van der Waals surface area contributed by atoms with E-state index in [2.05, 4.69) is 53.7 Å². The van der Waals surface area contributed by atoms with Crippen LogP contribution in [-0.4, -0.2) is 5.11 Å². The average molecular weight is 246 g/mol. The number of rotatable bonds is 1. The third-order valence-corrected chi connectivity index (χ3v) is 3.16. The number of phenols is 1. The van der Waals surface area contributed by atoms with E-state index in [1.54, 1.807) is 0 Å². The van der Waals surface area contributed by atoms with E-state index in [1.807, 2.05) is 19.1 Å². The van der Waals surface area contributed by atoms with Gasteiger partial charge in [0.1, 0.15) is 5.75 Å². The summed E-state index contributed by atoms with van der Waals surface area (Å²) in [5.74, 6) is 0.411. The van der Waals surface area contributed by atoms with Crippen molar-refractivity contribution >= 4 is 6.08 Å². The van der Waals surface area contributed by atoms with E-state index in [-0.39, 0.29) is 10.8 Å². The molecule has 100 valence electrons. The van der Waals surface area contributed by atoms with Gasteiger partial charge >= 0.3 is 0 Å². The van der Waals surface area contributed by atoms with Gasteiger partial charge in [-0.15, -0.1) is 0 Å². The minimum atomic E-state index is -0.0539. The molecule has 0 atom stereocenters. The summed E-state index contributed by atoms with van der Waals surface area (Å²) in [4.78, 5) is 0. The van der Waals surface area contributed by atoms with E-state index in [9.17, 15) is 5.11 Å². The van der Waals surface area contributed by atoms with Gasteiger partial charge < -0.3 is 5.11 Å². The van der Waals surface area contributed by atoms with Crippen molar-refractivity contribution in [2.75, 3.05) is 0 Å². The summed E-state index contributed by atoms with van der Waals surface area (Å²) in [6, 6.07) is 4.23. The van der Waals surface area contributed by atoms with Crippen molar-refractivity contribution in [3.8, 4) is 5.75 Å². The van der Waals surface area contributed by atoms with Gasteiger partial charge in [-0.25, -0.2) is 0 Å². The van der Waals surface area contributed by atoms with Gasteiger partial charge in [0.25, 0.3) is 0 Å². The van der Waals surface area contributed by atoms with E-state index < -0.39 is 0 Å². The molecule has 1 heteroatoms. The molecule has 1 aromatic rings. The Hall–Kier alpha value is -1.24. The Bertz CT molecular complexity index is 454. The van der Waals surface area contributed by atoms with Crippen LogP contribution in [0.2, 0.25) is 0 Å². The van der Waals surface area contributed by atoms with Crippen LogP contribution in [0.1, 0.15) is 65.2 Å². The van der Waals surface area contributed by atoms with Gasteiger partial charge in [-0.1, -0.05) is 59.8 Å². The molecule has 1 rings (SSSR count). The van der Waals surface area contributed by atoms with Crippen molar-refractivity contribution < 1.29 is 5.11 Å². The number of phenolic OH excluding ortho intramolecular Hbond substituents is 1. The fourth-order valence-corrected chi connectivity index (χ4v) is 1.97. The predicted molar refractivity (Wildman–Crippen MR) is 80.2 cm³/mol. The first-order valence-corrected chi connectivity index (χ1v) is 6.58. The first kappa shape index (κ1) is 14.8. The lowest BCUT2D eigenvalue weighted by Crippen LogP contribution is -2.17. The highest BCUT2D eigenvalue weighted by atomic mass is 16.3. The van der Waals surface area contributed by atoms with Crippen LogP contribution in [0.25, 0.3) is 6.08 Å². The van der Waals surface area contributed by atoms with Gasteiger partial charge in [0.05, 0.1) is 0 Å². The highest BCUT2D eigenvalue weighted by Crippen LogP contribution is 2.38. The van der Waals surface area contributed by atoms with Crippen LogP contribution < -0.4 is 0 Å². The van der Waals surface area contributed by atoms with E-state index in [0.29, 0.717) is 5.75 Å². The van der Waals surface area contributed by atoms with Crippen molar-refractivity contribution in [2.24, 2.45) is 0 Å². The molecular formula is C17H26O. The summed E-state index contributed by atoms with van der Waals surface area (Å²) < 4.78 is 0. The lowest BCUT2D eigenvalue weighted by atomic mass is 9.79. The Morgan fingerprint density at radius 3 is 1.89 bits per heavy atom. The summed E-state index contributed by atoms with van der Waals surface area (Å²) in [6.45, 7) is 15.0. The van der Waals surface area contributed by atoms with Crippen molar-refractivity contribution in [3.63, 3.8) is 0 Å². The van der Waals surface area contributed by atoms with E-state index in [0.717, 1.165) is 11.1 Å². The van der Waals surface area contributed by atoms with Crippen LogP contribution in [0.15, 0.2) is 18.2 Å². The maximum atomic E-state index is 10.4. The Balaban J connectivity index is 3.57. The molecule has 0 aliphatic heterocycles. The molecule has 0 heterocycles. The first-order valence-electron chi connectivity index (χ1n) is 6.58. The molecule has 1 N–H and O–H groups in total. The smallest absolute Gasteiger partial charge is 0.126 e. The molecule has 0 bridgehead atoms. The molecule has 0 radical (unpaired) electrons. The highest BCUT2D eigenvalue weighted by molar-refractivity contribution is 5.62. The van der Waals surface area contributed by atoms with E-state index in [4.69, 9.17) is 0 Å². The molecule has 1 nitrogen and oxygen atoms in total. The van der Waals surface area contributed by atoms with Crippen molar-refractivity contribution in [3.05, 3.63) is 34.9 Å². The van der Waals surface area contributed by atoms with Gasteiger partial charge in [0.2, 0.25) is 0 Å². The summed E-state index contributed by atoms with van der Waals surface area (Å²) in [6.07, 6.45) is 3.94. The summed E-state index contributed by atoms with van der Waals surface area (Å²) >= 11 is 0. The zero-order valence-electron chi connectivity index (χ0n) is 12.8. The molecule has 0 saturated heterocycles. The third-order valence-electron chi connectivity index (χ3n) is 3.16. The number of hydrogen-bond acceptors (Lipinski definition) is 1. The molecule has 0 amide bonds. The molecule has 0 aliphatic carbocycles. The Morgan fingerprint density at radius 2 is 1.50 bits per heavy atom. The fourth-order valence-electron chi connectivity index (χ4n) is 1.97. The van der Waals surface area contributed by atoms with Gasteiger partial charge in [0.15, 0.2) is 0 Å². The molecule has 1 aromatic carbocycles. The zero-order valence-corrected chi connectivity index (χ0v) is 12.8. The zero-order chi connectivity index (χ0) is 14.1. The lowest BCUT2D eigenvalue weighted by Gasteiger charge is -2.27. The molecular weight excluding hydrogens is 220 g/mol. The molecule has 0 saturated carbocycles. The Kier molecular flexibility index (Phi) is 3.95. The molecule has 0 aromatic heterocycles. The minimum absolute atomic E-state index is 0.0539. The van der Waals surface area contributed by atoms with Crippen LogP contribution in [0, 0.1) is 0 Å². The average Bonchev–Trinajstić information content (AvgIpc) is 2.17. The van der Waals surface area contributed by atoms with E-state index in [1.165, 1.54) is 5.56 Å². The van der Waals surface area contributed by atoms with E-state index >= 15 is 0 Å². The first-order chi connectivity index (χ1) is 8.07. The summed E-state index contributed by atoms with van der Waals surface area (Å²) in [7, 11) is 0. The second kappa shape index (κ2) is 4.79. The third kappa shape index (κ3) is 3.16. The van der Waals surface area contributed by atoms with Gasteiger partial charge in [-0.05, 0) is 29.4 Å². The van der Waals surface area contributed by atoms with Gasteiger partial charge in [-0.2, -0.15) is 0 Å². The Labute approximate surface area is 112 Å². The van der Waals surface area contributed by atoms with Crippen LogP contribution >= 0.6 is 0 Å². The number of hydrogen-bond donors (Lipinski definition) is 1. The van der Waals surface area contributed by atoms with Crippen molar-refractivity contribution in [1.29, 1.82) is 0 Å². The maximum Gasteiger partial charge on any atom is 0.126 e. The lowest BCUT2D eigenvalue weighted by molar-refractivity contribution is 0.443. The number of benzene rings is 1. The number of aromatic hydroxyl groups is 1. The maximum absolute atomic E-state index is 10.4. The molecule has 0 unspecified atom stereocenters. The fraction of sp³-hybridized carbons (Fsp3) is 0.529. The highest BCUT2D eigenvalue weighted by Gasteiger charge is 2.24. The van der Waals surface area contributed by atoms with Gasteiger partial charge in [0, 0.05) is 11.1 Å². The molecule has 0 aliphatic rings. The Morgan fingerprint density at radius 1 is 0.944 bits per heavy atom. The number of allylic oxidation sites excluding steroid dienone is 1. The topological polar surface area (TPSA) is 20.2 Å². The largest absolute Gasteiger partial charge is 0.507 e. The minimum Gasteiger partial charge on any atom is -0.507 e. The summed E-state index contributed by atoms with van der Waals surface area (Å²) in [5, 5.41) is 10.4. The SMILES string of the molecule is C/C=C\c1cc(C(C)(C)C)cc(C(C)(C)C)c1O. The van der Waals surface area contributed by atoms with Crippen LogP contribution in [-0.2, 0) is 10.8 Å². The van der Waals surface area contributed by atoms with Crippen molar-refractivity contribution in [2.45, 2.75) is 59.3 Å². The normalized spacial score (nSPS) is 13.3. The predicted octanol–water partition coefficient (Wildman–Crippen LogP) is 5.02. The van der Waals surface area contributed by atoms with Crippen LogP contribution in [0.3, 0.4) is 0 Å². The molecule has 18 heavy (non-hydrogen) atoms. The molecule has 0 spiro atoms. The summed E-state index contributed by atoms with van der Waals surface area (Å²) in [5.41, 5.74) is 3.22. The second-order valence-corrected chi connectivity index (χ2v) is 6.96. The molecule has 0 fully saturated rings. The van der Waals surface area contributed by atoms with Crippen LogP contribution in [0.5, 0.6) is 5.75 Å². The van der Waals surface area contributed by atoms with Crippen molar-refractivity contribution in [1.82, 2.24) is 0 Å². The van der Waals surface area contributed by atoms with Gasteiger partial charge in [-0.3, -0.25) is 0 Å². The van der Waals surface area contributed by atoms with Crippen LogP contribution in [0.4, 0.5) is 0 Å². The monoisotopic (exact) mass is 246 g/mol. The second-order valence-electron chi connectivity index (χ2n) is 6.96.